The third kappa shape index (κ3) is 4.98. The predicted molar refractivity (Wildman–Crippen MR) is 116 cm³/mol. The van der Waals surface area contributed by atoms with Crippen LogP contribution in [0.1, 0.15) is 44.1 Å². The summed E-state index contributed by atoms with van der Waals surface area (Å²) in [6, 6.07) is 4.26. The molecule has 160 valence electrons. The van der Waals surface area contributed by atoms with E-state index >= 15 is 0 Å². The van der Waals surface area contributed by atoms with E-state index in [0.717, 1.165) is 49.7 Å². The van der Waals surface area contributed by atoms with Gasteiger partial charge in [0, 0.05) is 57.2 Å². The Morgan fingerprint density at radius 3 is 2.87 bits per heavy atom. The number of amides is 1. The second kappa shape index (κ2) is 9.73. The number of hydrogen-bond acceptors (Lipinski definition) is 4. The van der Waals surface area contributed by atoms with Gasteiger partial charge in [-0.1, -0.05) is 19.3 Å². The molecule has 2 aliphatic rings. The number of aliphatic imine (C=N–C) groups is 1. The van der Waals surface area contributed by atoms with Crippen molar-refractivity contribution in [1.29, 1.82) is 0 Å². The fraction of sp³-hybridized carbons (Fsp3) is 0.545. The Kier molecular flexibility index (Phi) is 6.61. The number of carbonyl (C=O) groups is 1. The number of guanidine groups is 1. The number of nitrogens with one attached hydrogen (secondary N) is 2. The van der Waals surface area contributed by atoms with Gasteiger partial charge in [0.15, 0.2) is 5.96 Å². The maximum Gasteiger partial charge on any atom is 0.225 e. The maximum atomic E-state index is 12.8. The van der Waals surface area contributed by atoms with Gasteiger partial charge in [-0.25, -0.2) is 9.97 Å². The smallest absolute Gasteiger partial charge is 0.225 e. The van der Waals surface area contributed by atoms with Crippen molar-refractivity contribution < 1.29 is 4.79 Å². The van der Waals surface area contributed by atoms with Gasteiger partial charge in [-0.3, -0.25) is 14.4 Å². The fourth-order valence-corrected chi connectivity index (χ4v) is 4.37. The number of carbonyl (C=O) groups excluding carboxylic acids is 1. The van der Waals surface area contributed by atoms with Gasteiger partial charge in [-0.05, 0) is 37.0 Å². The summed E-state index contributed by atoms with van der Waals surface area (Å²) < 4.78 is 1.88. The third-order valence-corrected chi connectivity index (χ3v) is 6.06. The van der Waals surface area contributed by atoms with Crippen molar-refractivity contribution in [2.24, 2.45) is 10.9 Å². The first kappa shape index (κ1) is 20.4. The van der Waals surface area contributed by atoms with Gasteiger partial charge < -0.3 is 15.5 Å². The Bertz CT molecular complexity index is 858. The van der Waals surface area contributed by atoms with Crippen LogP contribution < -0.4 is 10.6 Å². The number of likely N-dealkylation sites (tertiary alicyclic amines) is 1. The van der Waals surface area contributed by atoms with E-state index in [1.807, 2.05) is 27.8 Å². The Morgan fingerprint density at radius 2 is 2.10 bits per heavy atom. The molecular weight excluding hydrogens is 378 g/mol. The summed E-state index contributed by atoms with van der Waals surface area (Å²) in [5.41, 5.74) is 1.11. The van der Waals surface area contributed by atoms with Crippen LogP contribution in [0.4, 0.5) is 0 Å². The SMILES string of the molecule is CN=C(NCc1ccnc(-n2ccnc2)c1)NC1CCN(C(=O)C2CCCCC2)C1. The van der Waals surface area contributed by atoms with Crippen molar-refractivity contribution in [1.82, 2.24) is 30.1 Å². The molecule has 2 fully saturated rings. The Labute approximate surface area is 177 Å². The van der Waals surface area contributed by atoms with Crippen LogP contribution in [-0.4, -0.2) is 57.5 Å². The summed E-state index contributed by atoms with van der Waals surface area (Å²) >= 11 is 0. The Balaban J connectivity index is 1.27. The van der Waals surface area contributed by atoms with E-state index in [4.69, 9.17) is 0 Å². The van der Waals surface area contributed by atoms with Crippen LogP contribution in [0.2, 0.25) is 0 Å². The van der Waals surface area contributed by atoms with E-state index in [2.05, 4.69) is 25.6 Å². The quantitative estimate of drug-likeness (QED) is 0.583. The van der Waals surface area contributed by atoms with Gasteiger partial charge in [0.2, 0.25) is 5.91 Å². The van der Waals surface area contributed by atoms with Crippen LogP contribution in [0.5, 0.6) is 0 Å². The van der Waals surface area contributed by atoms with Crippen molar-refractivity contribution in [2.75, 3.05) is 20.1 Å². The highest BCUT2D eigenvalue weighted by Gasteiger charge is 2.31. The number of aromatic nitrogens is 3. The van der Waals surface area contributed by atoms with Gasteiger partial charge in [0.25, 0.3) is 0 Å². The van der Waals surface area contributed by atoms with Crippen LogP contribution in [0.3, 0.4) is 0 Å². The fourth-order valence-electron chi connectivity index (χ4n) is 4.37. The molecule has 0 aromatic carbocycles. The number of nitrogens with zero attached hydrogens (tertiary/aromatic N) is 5. The molecule has 1 aliphatic carbocycles. The normalized spacial score (nSPS) is 20.4. The zero-order valence-corrected chi connectivity index (χ0v) is 17.6. The Hall–Kier alpha value is -2.90. The zero-order valence-electron chi connectivity index (χ0n) is 17.6. The maximum absolute atomic E-state index is 12.8. The molecule has 30 heavy (non-hydrogen) atoms. The number of rotatable bonds is 5. The van der Waals surface area contributed by atoms with Crippen molar-refractivity contribution in [3.05, 3.63) is 42.6 Å². The second-order valence-electron chi connectivity index (χ2n) is 8.17. The summed E-state index contributed by atoms with van der Waals surface area (Å²) in [4.78, 5) is 27.6. The van der Waals surface area contributed by atoms with Crippen LogP contribution in [0, 0.1) is 5.92 Å². The molecule has 0 spiro atoms. The van der Waals surface area contributed by atoms with Gasteiger partial charge in [0.05, 0.1) is 0 Å². The van der Waals surface area contributed by atoms with E-state index in [1.54, 1.807) is 25.8 Å². The third-order valence-electron chi connectivity index (χ3n) is 6.06. The highest BCUT2D eigenvalue weighted by Crippen LogP contribution is 2.26. The Morgan fingerprint density at radius 1 is 1.23 bits per heavy atom. The zero-order chi connectivity index (χ0) is 20.8. The summed E-state index contributed by atoms with van der Waals surface area (Å²) in [5, 5.41) is 6.86. The topological polar surface area (TPSA) is 87.4 Å². The average Bonchev–Trinajstić information content (AvgIpc) is 3.49. The van der Waals surface area contributed by atoms with Crippen molar-refractivity contribution >= 4 is 11.9 Å². The minimum atomic E-state index is 0.239. The molecule has 8 nitrogen and oxygen atoms in total. The molecule has 1 aliphatic heterocycles. The van der Waals surface area contributed by atoms with E-state index in [1.165, 1.54) is 19.3 Å². The molecule has 1 saturated heterocycles. The lowest BCUT2D eigenvalue weighted by Crippen LogP contribution is -2.45. The van der Waals surface area contributed by atoms with Gasteiger partial charge in [-0.15, -0.1) is 0 Å². The average molecular weight is 410 g/mol. The number of pyridine rings is 1. The molecule has 4 rings (SSSR count). The van der Waals surface area contributed by atoms with Gasteiger partial charge in [-0.2, -0.15) is 0 Å². The lowest BCUT2D eigenvalue weighted by atomic mass is 9.88. The molecule has 8 heteroatoms. The monoisotopic (exact) mass is 409 g/mol. The molecule has 2 N–H and O–H groups in total. The van der Waals surface area contributed by atoms with Crippen molar-refractivity contribution in [3.8, 4) is 5.82 Å². The lowest BCUT2D eigenvalue weighted by Gasteiger charge is -2.26. The molecule has 2 aromatic heterocycles. The molecule has 1 amide bonds. The van der Waals surface area contributed by atoms with E-state index in [0.29, 0.717) is 12.5 Å². The highest BCUT2D eigenvalue weighted by molar-refractivity contribution is 5.81. The lowest BCUT2D eigenvalue weighted by molar-refractivity contribution is -0.135. The van der Waals surface area contributed by atoms with Crippen molar-refractivity contribution in [2.45, 2.75) is 51.1 Å². The molecule has 1 saturated carbocycles. The summed E-state index contributed by atoms with van der Waals surface area (Å²) in [7, 11) is 1.78. The number of hydrogen-bond donors (Lipinski definition) is 2. The van der Waals surface area contributed by atoms with Gasteiger partial charge in [0.1, 0.15) is 12.1 Å². The molecule has 1 atom stereocenters. The van der Waals surface area contributed by atoms with Crippen molar-refractivity contribution in [3.63, 3.8) is 0 Å². The minimum absolute atomic E-state index is 0.239. The van der Waals surface area contributed by atoms with Crippen LogP contribution in [0.15, 0.2) is 42.0 Å². The summed E-state index contributed by atoms with van der Waals surface area (Å²) in [6.45, 7) is 2.24. The highest BCUT2D eigenvalue weighted by atomic mass is 16.2. The molecule has 0 bridgehead atoms. The standard InChI is InChI=1S/C22H31N7O/c1-23-22(26-14-17-7-9-25-20(13-17)29-12-10-24-16-29)27-19-8-11-28(15-19)21(30)18-5-3-2-4-6-18/h7,9-10,12-13,16,18-19H,2-6,8,11,14-15H2,1H3,(H2,23,26,27). The summed E-state index contributed by atoms with van der Waals surface area (Å²) in [6.07, 6.45) is 13.9. The first-order valence-electron chi connectivity index (χ1n) is 10.9. The van der Waals surface area contributed by atoms with Gasteiger partial charge >= 0.3 is 0 Å². The first-order valence-corrected chi connectivity index (χ1v) is 10.9. The molecule has 2 aromatic rings. The summed E-state index contributed by atoms with van der Waals surface area (Å²) in [5.74, 6) is 2.19. The van der Waals surface area contributed by atoms with Crippen LogP contribution in [0.25, 0.3) is 5.82 Å². The second-order valence-corrected chi connectivity index (χ2v) is 8.17. The molecular formula is C22H31N7O. The van der Waals surface area contributed by atoms with Crippen LogP contribution in [-0.2, 0) is 11.3 Å². The predicted octanol–water partition coefficient (Wildman–Crippen LogP) is 2.11. The molecule has 3 heterocycles. The molecule has 0 radical (unpaired) electrons. The van der Waals surface area contributed by atoms with E-state index in [-0.39, 0.29) is 12.0 Å². The largest absolute Gasteiger partial charge is 0.352 e. The van der Waals surface area contributed by atoms with E-state index < -0.39 is 0 Å². The van der Waals surface area contributed by atoms with Crippen LogP contribution >= 0.6 is 0 Å². The minimum Gasteiger partial charge on any atom is -0.352 e. The number of imidazole rings is 1. The first-order chi connectivity index (χ1) is 14.7. The molecule has 1 unspecified atom stereocenters. The van der Waals surface area contributed by atoms with E-state index in [9.17, 15) is 4.79 Å².